The average Bonchev–Trinajstić information content (AvgIpc) is 3.14. The van der Waals surface area contributed by atoms with E-state index in [0.717, 1.165) is 6.07 Å². The number of nitrogens with zero attached hydrogens (tertiary/aromatic N) is 5. The van der Waals surface area contributed by atoms with E-state index < -0.39 is 28.6 Å². The smallest absolute Gasteiger partial charge is 0.354 e. The van der Waals surface area contributed by atoms with Crippen LogP contribution >= 0.6 is 23.4 Å². The summed E-state index contributed by atoms with van der Waals surface area (Å²) in [6, 6.07) is 4.81. The Kier molecular flexibility index (Phi) is 7.65. The number of benzene rings is 2. The van der Waals surface area contributed by atoms with Gasteiger partial charge < -0.3 is 14.9 Å². The Balaban J connectivity index is 1.78. The number of phenolic OH excluding ortho intramolecular Hbond substituents is 1. The molecule has 2 unspecified atom stereocenters. The third-order valence-corrected chi connectivity index (χ3v) is 9.99. The Hall–Kier alpha value is -3.96. The zero-order chi connectivity index (χ0) is 31.6. The number of fused-ring (bicyclic) bond motifs is 2. The first-order valence-corrected chi connectivity index (χ1v) is 15.6. The van der Waals surface area contributed by atoms with E-state index in [1.165, 1.54) is 34.5 Å². The first kappa shape index (κ1) is 30.1. The molecule has 44 heavy (non-hydrogen) atoms. The van der Waals surface area contributed by atoms with E-state index in [-0.39, 0.29) is 45.8 Å². The molecule has 2 aliphatic rings. The monoisotopic (exact) mass is 637 g/mol. The summed E-state index contributed by atoms with van der Waals surface area (Å²) in [6.07, 6.45) is 2.89. The molecule has 2 atom stereocenters. The highest BCUT2D eigenvalue weighted by Crippen LogP contribution is 2.51. The van der Waals surface area contributed by atoms with Gasteiger partial charge in [0.25, 0.3) is 0 Å². The molecule has 2 aliphatic heterocycles. The van der Waals surface area contributed by atoms with Crippen LogP contribution in [0.4, 0.5) is 14.6 Å². The number of rotatable bonds is 4. The molecule has 4 aromatic rings. The highest BCUT2D eigenvalue weighted by Gasteiger charge is 2.40. The van der Waals surface area contributed by atoms with E-state index in [4.69, 9.17) is 11.6 Å². The molecule has 1 saturated heterocycles. The van der Waals surface area contributed by atoms with Crippen LogP contribution in [0.5, 0.6) is 5.75 Å². The van der Waals surface area contributed by atoms with Gasteiger partial charge in [0.2, 0.25) is 5.91 Å². The Bertz CT molecular complexity index is 1910. The number of thioether (sulfide) groups is 1. The summed E-state index contributed by atoms with van der Waals surface area (Å²) < 4.78 is 33.8. The Morgan fingerprint density at radius 2 is 1.98 bits per heavy atom. The van der Waals surface area contributed by atoms with Crippen molar-refractivity contribution < 1.29 is 18.7 Å². The lowest BCUT2D eigenvalue weighted by atomic mass is 9.99. The number of phenols is 1. The Labute approximate surface area is 262 Å². The number of piperazine rings is 1. The van der Waals surface area contributed by atoms with Crippen molar-refractivity contribution in [1.82, 2.24) is 19.4 Å². The molecule has 228 valence electrons. The van der Waals surface area contributed by atoms with Gasteiger partial charge in [-0.1, -0.05) is 38.1 Å². The van der Waals surface area contributed by atoms with E-state index in [1.54, 1.807) is 24.1 Å². The van der Waals surface area contributed by atoms with E-state index >= 15 is 8.78 Å². The number of halogens is 3. The quantitative estimate of drug-likeness (QED) is 0.266. The zero-order valence-corrected chi connectivity index (χ0v) is 26.1. The summed E-state index contributed by atoms with van der Waals surface area (Å²) in [7, 11) is 0. The molecule has 1 N–H and O–H groups in total. The van der Waals surface area contributed by atoms with Crippen molar-refractivity contribution in [1.29, 1.82) is 0 Å². The van der Waals surface area contributed by atoms with Gasteiger partial charge in [-0.15, -0.1) is 11.8 Å². The molecular formula is C32H30ClF2N5O3S. The van der Waals surface area contributed by atoms with Crippen molar-refractivity contribution in [3.63, 3.8) is 0 Å². The van der Waals surface area contributed by atoms with E-state index in [9.17, 15) is 14.7 Å². The maximum absolute atomic E-state index is 17.3. The molecule has 0 bridgehead atoms. The third-order valence-electron chi connectivity index (χ3n) is 8.25. The van der Waals surface area contributed by atoms with Crippen molar-refractivity contribution in [2.24, 2.45) is 0 Å². The Morgan fingerprint density at radius 3 is 2.66 bits per heavy atom. The van der Waals surface area contributed by atoms with Crippen molar-refractivity contribution in [2.75, 3.05) is 23.7 Å². The molecule has 0 aliphatic carbocycles. The fourth-order valence-corrected chi connectivity index (χ4v) is 7.97. The molecule has 2 aromatic carbocycles. The predicted octanol–water partition coefficient (Wildman–Crippen LogP) is 6.21. The molecule has 12 heteroatoms. The number of hydrogen-bond acceptors (Lipinski definition) is 7. The molecule has 4 heterocycles. The number of amides is 1. The lowest BCUT2D eigenvalue weighted by Gasteiger charge is -2.45. The number of hydrogen-bond donors (Lipinski definition) is 1. The van der Waals surface area contributed by atoms with Crippen LogP contribution in [0.3, 0.4) is 0 Å². The van der Waals surface area contributed by atoms with Gasteiger partial charge in [-0.3, -0.25) is 14.3 Å². The van der Waals surface area contributed by atoms with Gasteiger partial charge >= 0.3 is 5.69 Å². The highest BCUT2D eigenvalue weighted by atomic mass is 35.5. The number of aromatic hydroxyl groups is 1. The van der Waals surface area contributed by atoms with Crippen molar-refractivity contribution in [3.05, 3.63) is 81.5 Å². The summed E-state index contributed by atoms with van der Waals surface area (Å²) >= 11 is 8.29. The third kappa shape index (κ3) is 4.56. The van der Waals surface area contributed by atoms with Gasteiger partial charge in [-0.2, -0.15) is 4.98 Å². The maximum atomic E-state index is 17.3. The molecule has 1 fully saturated rings. The summed E-state index contributed by atoms with van der Waals surface area (Å²) in [5.74, 6) is -2.05. The molecule has 8 nitrogen and oxygen atoms in total. The first-order valence-electron chi connectivity index (χ1n) is 14.2. The van der Waals surface area contributed by atoms with Crippen LogP contribution in [-0.4, -0.2) is 61.4 Å². The van der Waals surface area contributed by atoms with Gasteiger partial charge in [0.1, 0.15) is 17.4 Å². The van der Waals surface area contributed by atoms with Crippen LogP contribution in [0.1, 0.15) is 37.9 Å². The normalized spacial score (nSPS) is 18.0. The maximum Gasteiger partial charge on any atom is 0.354 e. The number of aromatic nitrogens is 3. The number of carbonyl (C=O) groups excluding carboxylic acids is 1. The van der Waals surface area contributed by atoms with E-state index in [0.29, 0.717) is 46.1 Å². The minimum atomic E-state index is -0.972. The molecular weight excluding hydrogens is 608 g/mol. The van der Waals surface area contributed by atoms with E-state index in [2.05, 4.69) is 16.5 Å². The fraction of sp³-hybridized carbons (Fsp3) is 0.312. The van der Waals surface area contributed by atoms with Crippen LogP contribution in [0.25, 0.3) is 27.7 Å². The number of pyridine rings is 1. The van der Waals surface area contributed by atoms with Gasteiger partial charge in [0, 0.05) is 41.5 Å². The van der Waals surface area contributed by atoms with Crippen LogP contribution in [0.2, 0.25) is 5.02 Å². The highest BCUT2D eigenvalue weighted by molar-refractivity contribution is 7.99. The molecule has 0 saturated carbocycles. The SMILES string of the molecule is C=CC(=O)N1CC(C)N2c3nc(=O)n(-c4c(C)ccnc4C(C)C)c4c(F)c(-c5c(O)cccc5F)c(Cl)c(c34)SCC2C1. The van der Waals surface area contributed by atoms with Crippen LogP contribution < -0.4 is 10.6 Å². The average molecular weight is 638 g/mol. The van der Waals surface area contributed by atoms with Crippen molar-refractivity contribution in [3.8, 4) is 22.6 Å². The lowest BCUT2D eigenvalue weighted by molar-refractivity contribution is -0.127. The van der Waals surface area contributed by atoms with Gasteiger partial charge in [-0.05, 0) is 49.6 Å². The van der Waals surface area contributed by atoms with Crippen molar-refractivity contribution in [2.45, 2.75) is 50.6 Å². The molecule has 1 amide bonds. The Morgan fingerprint density at radius 1 is 1.23 bits per heavy atom. The standard InChI is InChI=1S/C32H30ClF2N5O3S/c1-6-21(42)38-12-17(5)39-18(13-38)14-44-30-24-29(26(35)23(25(30)33)22-19(34)8-7-9-20(22)41)40(32(43)37-31(24)39)28-16(4)10-11-36-27(28)15(2)3/h6-11,15,17-18,41H,1,12-14H2,2-5H3. The summed E-state index contributed by atoms with van der Waals surface area (Å²) in [4.78, 5) is 39.9. The van der Waals surface area contributed by atoms with Gasteiger partial charge in [0.15, 0.2) is 5.82 Å². The largest absolute Gasteiger partial charge is 0.507 e. The molecule has 6 rings (SSSR count). The first-order chi connectivity index (χ1) is 21.0. The summed E-state index contributed by atoms with van der Waals surface area (Å²) in [6.45, 7) is 11.8. The molecule has 0 spiro atoms. The minimum Gasteiger partial charge on any atom is -0.507 e. The van der Waals surface area contributed by atoms with Gasteiger partial charge in [0.05, 0.1) is 38.9 Å². The fourth-order valence-electron chi connectivity index (χ4n) is 6.35. The molecule has 0 radical (unpaired) electrons. The number of anilines is 1. The summed E-state index contributed by atoms with van der Waals surface area (Å²) in [5.41, 5.74) is -0.0492. The zero-order valence-electron chi connectivity index (χ0n) is 24.6. The lowest BCUT2D eigenvalue weighted by Crippen LogP contribution is -2.60. The van der Waals surface area contributed by atoms with Gasteiger partial charge in [-0.25, -0.2) is 13.6 Å². The topological polar surface area (TPSA) is 91.6 Å². The van der Waals surface area contributed by atoms with Crippen LogP contribution in [0, 0.1) is 18.6 Å². The predicted molar refractivity (Wildman–Crippen MR) is 169 cm³/mol. The second-order valence-corrected chi connectivity index (χ2v) is 12.8. The summed E-state index contributed by atoms with van der Waals surface area (Å²) in [5, 5.41) is 10.9. The second-order valence-electron chi connectivity index (χ2n) is 11.4. The van der Waals surface area contributed by atoms with Crippen LogP contribution in [-0.2, 0) is 4.79 Å². The number of carbonyl (C=O) groups is 1. The van der Waals surface area contributed by atoms with Crippen LogP contribution in [0.15, 0.2) is 52.8 Å². The minimum absolute atomic E-state index is 0.104. The molecule has 2 aromatic heterocycles. The van der Waals surface area contributed by atoms with Crippen molar-refractivity contribution >= 4 is 46.0 Å². The number of aryl methyl sites for hydroxylation is 1. The van der Waals surface area contributed by atoms with E-state index in [1.807, 2.05) is 25.7 Å². The second kappa shape index (κ2) is 11.2.